The number of allylic oxidation sites excluding steroid dienone is 1. The Balaban J connectivity index is 1.56. The number of pyridine rings is 1. The molecule has 0 spiro atoms. The molecule has 1 amide bonds. The minimum Gasteiger partial charge on any atom is -0.451 e. The number of carbonyl (C=O) groups is 2. The van der Waals surface area contributed by atoms with Crippen molar-refractivity contribution in [1.82, 2.24) is 9.88 Å². The van der Waals surface area contributed by atoms with Crippen molar-refractivity contribution in [3.05, 3.63) is 107 Å². The number of carbonyl (C=O) groups excluding carboxylic acids is 2. The zero-order chi connectivity index (χ0) is 27.2. The highest BCUT2D eigenvalue weighted by molar-refractivity contribution is 7.94. The zero-order valence-electron chi connectivity index (χ0n) is 20.5. The Morgan fingerprint density at radius 2 is 1.50 bits per heavy atom. The van der Waals surface area contributed by atoms with Crippen LogP contribution in [0.5, 0.6) is 0 Å². The molecule has 2 aliphatic rings. The van der Waals surface area contributed by atoms with E-state index in [1.165, 1.54) is 38.2 Å². The van der Waals surface area contributed by atoms with Crippen molar-refractivity contribution in [1.29, 1.82) is 0 Å². The smallest absolute Gasteiger partial charge is 0.331 e. The average molecular weight is 539 g/mol. The van der Waals surface area contributed by atoms with Gasteiger partial charge in [-0.25, -0.2) is 22.0 Å². The molecule has 10 heteroatoms. The van der Waals surface area contributed by atoms with E-state index in [4.69, 9.17) is 4.74 Å². The van der Waals surface area contributed by atoms with Gasteiger partial charge >= 0.3 is 5.97 Å². The van der Waals surface area contributed by atoms with Crippen LogP contribution in [0.1, 0.15) is 36.8 Å². The number of benzene rings is 2. The predicted molar refractivity (Wildman–Crippen MR) is 135 cm³/mol. The van der Waals surface area contributed by atoms with Gasteiger partial charge in [0.2, 0.25) is 0 Å². The van der Waals surface area contributed by atoms with Gasteiger partial charge in [-0.2, -0.15) is 0 Å². The number of amides is 1. The standard InChI is InChI=1S/C28H24F2N2O5S/c1-28(2)23(27(34)37-22(17-11-5-3-6-12-17)18-13-7-4-8-14-18)32-25(33)21(26(32)38(28,35)36)20(24(29)30)19-15-9-10-16-31-19/h3-16,22-24,26H,1-2H3/b21-20+/t23-,26?/m0/s1. The summed E-state index contributed by atoms with van der Waals surface area (Å²) in [5.41, 5.74) is -0.222. The van der Waals surface area contributed by atoms with Crippen LogP contribution >= 0.6 is 0 Å². The van der Waals surface area contributed by atoms with Crippen molar-refractivity contribution in [2.24, 2.45) is 0 Å². The van der Waals surface area contributed by atoms with E-state index in [2.05, 4.69) is 4.98 Å². The van der Waals surface area contributed by atoms with Gasteiger partial charge in [0.05, 0.1) is 16.8 Å². The van der Waals surface area contributed by atoms with Crippen molar-refractivity contribution >= 4 is 27.3 Å². The first-order chi connectivity index (χ1) is 18.1. The molecule has 2 fully saturated rings. The fraction of sp³-hybridized carbons (Fsp3) is 0.250. The van der Waals surface area contributed by atoms with Gasteiger partial charge in [0, 0.05) is 6.20 Å². The summed E-state index contributed by atoms with van der Waals surface area (Å²) in [6.45, 7) is 2.61. The molecule has 5 rings (SSSR count). The summed E-state index contributed by atoms with van der Waals surface area (Å²) in [5.74, 6) is -1.90. The average Bonchev–Trinajstić information content (AvgIpc) is 3.05. The summed E-state index contributed by atoms with van der Waals surface area (Å²) >= 11 is 0. The van der Waals surface area contributed by atoms with Gasteiger partial charge in [-0.1, -0.05) is 66.7 Å². The van der Waals surface area contributed by atoms with Crippen molar-refractivity contribution in [2.75, 3.05) is 0 Å². The van der Waals surface area contributed by atoms with Gasteiger partial charge in [-0.3, -0.25) is 9.78 Å². The fourth-order valence-electron chi connectivity index (χ4n) is 5.06. The molecule has 3 heterocycles. The SMILES string of the molecule is CC1(C)[C@H](C(=O)OC(c2ccccc2)c2ccccc2)N2C(=O)/C(=C(/c3ccccn3)C(F)F)C2S1(=O)=O. The lowest BCUT2D eigenvalue weighted by atomic mass is 9.91. The molecule has 0 aliphatic carbocycles. The lowest BCUT2D eigenvalue weighted by Gasteiger charge is -2.40. The van der Waals surface area contributed by atoms with Crippen LogP contribution < -0.4 is 0 Å². The molecule has 7 nitrogen and oxygen atoms in total. The third kappa shape index (κ3) is 3.91. The molecule has 2 saturated heterocycles. The molecule has 2 aromatic carbocycles. The van der Waals surface area contributed by atoms with E-state index in [1.807, 2.05) is 0 Å². The van der Waals surface area contributed by atoms with E-state index in [9.17, 15) is 26.8 Å². The van der Waals surface area contributed by atoms with Crippen molar-refractivity contribution in [2.45, 2.75) is 42.5 Å². The molecule has 38 heavy (non-hydrogen) atoms. The minimum atomic E-state index is -4.31. The van der Waals surface area contributed by atoms with Gasteiger partial charge < -0.3 is 9.64 Å². The highest BCUT2D eigenvalue weighted by Gasteiger charge is 2.71. The number of fused-ring (bicyclic) bond motifs is 1. The molecule has 1 aromatic heterocycles. The van der Waals surface area contributed by atoms with E-state index < -0.39 is 61.6 Å². The fourth-order valence-corrected chi connectivity index (χ4v) is 7.21. The first kappa shape index (κ1) is 25.7. The van der Waals surface area contributed by atoms with Crippen LogP contribution in [0.3, 0.4) is 0 Å². The Labute approximate surface area is 218 Å². The number of hydrogen-bond acceptors (Lipinski definition) is 6. The number of rotatable bonds is 6. The van der Waals surface area contributed by atoms with Crippen LogP contribution in [0.2, 0.25) is 0 Å². The number of β-lactam (4-membered cyclic amide) rings is 1. The van der Waals surface area contributed by atoms with Crippen LogP contribution in [0.25, 0.3) is 5.57 Å². The van der Waals surface area contributed by atoms with Crippen LogP contribution in [-0.4, -0.2) is 52.8 Å². The number of sulfone groups is 1. The molecule has 2 aliphatic heterocycles. The number of aromatic nitrogens is 1. The molecule has 1 unspecified atom stereocenters. The van der Waals surface area contributed by atoms with E-state index in [-0.39, 0.29) is 5.69 Å². The summed E-state index contributed by atoms with van der Waals surface area (Å²) in [5, 5.41) is -1.71. The Morgan fingerprint density at radius 3 is 2.00 bits per heavy atom. The Hall–Kier alpha value is -3.92. The topological polar surface area (TPSA) is 93.6 Å². The molecular formula is C28H24F2N2O5S. The van der Waals surface area contributed by atoms with Crippen molar-refractivity contribution in [3.63, 3.8) is 0 Å². The van der Waals surface area contributed by atoms with Crippen LogP contribution in [0.15, 0.2) is 90.6 Å². The lowest BCUT2D eigenvalue weighted by molar-refractivity contribution is -0.160. The van der Waals surface area contributed by atoms with Crippen molar-refractivity contribution in [3.8, 4) is 0 Å². The first-order valence-electron chi connectivity index (χ1n) is 11.9. The molecule has 0 N–H and O–H groups in total. The molecule has 0 radical (unpaired) electrons. The van der Waals surface area contributed by atoms with Gasteiger partial charge in [-0.15, -0.1) is 0 Å². The number of hydrogen-bond donors (Lipinski definition) is 0. The summed E-state index contributed by atoms with van der Waals surface area (Å²) in [4.78, 5) is 31.7. The second kappa shape index (κ2) is 9.43. The van der Waals surface area contributed by atoms with Gasteiger partial charge in [0.25, 0.3) is 12.3 Å². The third-order valence-electron chi connectivity index (χ3n) is 7.04. The molecule has 196 valence electrons. The molecular weight excluding hydrogens is 514 g/mol. The van der Waals surface area contributed by atoms with Crippen LogP contribution in [0, 0.1) is 0 Å². The summed E-state index contributed by atoms with van der Waals surface area (Å²) < 4.78 is 59.7. The maximum Gasteiger partial charge on any atom is 0.331 e. The highest BCUT2D eigenvalue weighted by atomic mass is 32.2. The van der Waals surface area contributed by atoms with E-state index in [1.54, 1.807) is 60.7 Å². The predicted octanol–water partition coefficient (Wildman–Crippen LogP) is 4.18. The van der Waals surface area contributed by atoms with Crippen LogP contribution in [0.4, 0.5) is 8.78 Å². The first-order valence-corrected chi connectivity index (χ1v) is 13.4. The largest absolute Gasteiger partial charge is 0.451 e. The normalized spacial score (nSPS) is 22.7. The Morgan fingerprint density at radius 1 is 0.947 bits per heavy atom. The monoisotopic (exact) mass is 538 g/mol. The maximum absolute atomic E-state index is 14.2. The maximum atomic E-state index is 14.2. The summed E-state index contributed by atoms with van der Waals surface area (Å²) in [6, 6.07) is 20.5. The molecule has 3 aromatic rings. The van der Waals surface area contributed by atoms with Gasteiger partial charge in [0.1, 0.15) is 4.75 Å². The number of nitrogens with zero attached hydrogens (tertiary/aromatic N) is 2. The zero-order valence-corrected chi connectivity index (χ0v) is 21.3. The summed E-state index contributed by atoms with van der Waals surface area (Å²) in [6.07, 6.45) is -2.76. The van der Waals surface area contributed by atoms with Gasteiger partial charge in [0.15, 0.2) is 27.4 Å². The van der Waals surface area contributed by atoms with Crippen LogP contribution in [-0.2, 0) is 24.2 Å². The lowest BCUT2D eigenvalue weighted by Crippen LogP contribution is -2.59. The quantitative estimate of drug-likeness (QED) is 0.266. The number of alkyl halides is 2. The van der Waals surface area contributed by atoms with Gasteiger partial charge in [-0.05, 0) is 37.1 Å². The Bertz CT molecular complexity index is 1470. The van der Waals surface area contributed by atoms with E-state index in [0.29, 0.717) is 11.1 Å². The molecule has 2 atom stereocenters. The number of halogens is 2. The second-order valence-corrected chi connectivity index (χ2v) is 12.2. The number of esters is 1. The minimum absolute atomic E-state index is 0.197. The van der Waals surface area contributed by atoms with E-state index >= 15 is 0 Å². The Kier molecular flexibility index (Phi) is 6.38. The van der Waals surface area contributed by atoms with Crippen molar-refractivity contribution < 1.29 is 31.5 Å². The number of ether oxygens (including phenoxy) is 1. The van der Waals surface area contributed by atoms with E-state index in [0.717, 1.165) is 4.90 Å². The highest BCUT2D eigenvalue weighted by Crippen LogP contribution is 2.51. The second-order valence-electron chi connectivity index (χ2n) is 9.60. The third-order valence-corrected chi connectivity index (χ3v) is 9.78. The molecule has 0 saturated carbocycles. The summed E-state index contributed by atoms with van der Waals surface area (Å²) in [7, 11) is -4.31. The molecule has 0 bridgehead atoms.